The van der Waals surface area contributed by atoms with Crippen LogP contribution in [0.5, 0.6) is 0 Å². The fourth-order valence-electron chi connectivity index (χ4n) is 4.18. The van der Waals surface area contributed by atoms with E-state index in [1.165, 1.54) is 7.11 Å². The second kappa shape index (κ2) is 9.92. The van der Waals surface area contributed by atoms with Crippen molar-refractivity contribution in [2.24, 2.45) is 11.8 Å². The molecule has 0 aromatic heterocycles. The Kier molecular flexibility index (Phi) is 8.13. The summed E-state index contributed by atoms with van der Waals surface area (Å²) in [7, 11) is 1.35. The number of hydrogen-bond donors (Lipinski definition) is 1. The first-order chi connectivity index (χ1) is 13.2. The summed E-state index contributed by atoms with van der Waals surface area (Å²) in [4.78, 5) is 23.4. The van der Waals surface area contributed by atoms with Crippen molar-refractivity contribution in [3.05, 3.63) is 12.2 Å². The van der Waals surface area contributed by atoms with Gasteiger partial charge in [-0.1, -0.05) is 25.5 Å². The summed E-state index contributed by atoms with van der Waals surface area (Å²) < 4.78 is 38.9. The Balaban J connectivity index is 1.87. The van der Waals surface area contributed by atoms with Crippen molar-refractivity contribution in [1.29, 1.82) is 0 Å². The van der Waals surface area contributed by atoms with Gasteiger partial charge in [-0.15, -0.1) is 0 Å². The van der Waals surface area contributed by atoms with Crippen LogP contribution in [0.3, 0.4) is 0 Å². The quantitative estimate of drug-likeness (QED) is 0.337. The summed E-state index contributed by atoms with van der Waals surface area (Å²) >= 11 is 0. The maximum absolute atomic E-state index is 14.4. The average molecular weight is 402 g/mol. The molecular weight excluding hydrogens is 370 g/mol. The van der Waals surface area contributed by atoms with Gasteiger partial charge in [0.1, 0.15) is 5.78 Å². The first-order valence-corrected chi connectivity index (χ1v) is 10.3. The number of methoxy groups -OCH3 is 1. The third-order valence-corrected chi connectivity index (χ3v) is 5.93. The molecule has 2 fully saturated rings. The number of esters is 1. The van der Waals surface area contributed by atoms with E-state index in [0.717, 1.165) is 0 Å². The minimum absolute atomic E-state index is 0.00957. The van der Waals surface area contributed by atoms with Gasteiger partial charge in [0.05, 0.1) is 13.2 Å². The molecule has 1 saturated carbocycles. The van der Waals surface area contributed by atoms with Gasteiger partial charge in [-0.05, 0) is 38.0 Å². The molecule has 1 N–H and O–H groups in total. The number of rotatable bonds is 10. The summed E-state index contributed by atoms with van der Waals surface area (Å²) in [6, 6.07) is 0. The smallest absolute Gasteiger partial charge is 0.305 e. The summed E-state index contributed by atoms with van der Waals surface area (Å²) in [6.45, 7) is 1.82. The van der Waals surface area contributed by atoms with E-state index in [2.05, 4.69) is 4.74 Å². The number of alkyl halides is 2. The normalized spacial score (nSPS) is 30.6. The van der Waals surface area contributed by atoms with E-state index in [1.54, 1.807) is 0 Å². The van der Waals surface area contributed by atoms with Crippen LogP contribution >= 0.6 is 0 Å². The minimum Gasteiger partial charge on any atom is -0.469 e. The highest BCUT2D eigenvalue weighted by Crippen LogP contribution is 2.49. The molecule has 160 valence electrons. The molecule has 1 aliphatic heterocycles. The highest BCUT2D eigenvalue weighted by Gasteiger charge is 2.59. The number of ether oxygens (including phenoxy) is 2. The number of hydrogen-bond acceptors (Lipinski definition) is 5. The lowest BCUT2D eigenvalue weighted by Gasteiger charge is -2.43. The molecule has 7 heteroatoms. The molecule has 1 aliphatic carbocycles. The maximum Gasteiger partial charge on any atom is 0.305 e. The lowest BCUT2D eigenvalue weighted by Crippen LogP contribution is -2.55. The number of allylic oxidation sites excluding steroid dienone is 2. The molecule has 1 saturated heterocycles. The number of fused-ring (bicyclic) bond motifs is 1. The number of unbranched alkanes of at least 4 members (excludes halogenated alkanes) is 2. The van der Waals surface area contributed by atoms with Crippen LogP contribution in [-0.4, -0.2) is 41.8 Å². The third kappa shape index (κ3) is 5.38. The summed E-state index contributed by atoms with van der Waals surface area (Å²) in [5.41, 5.74) is 0. The van der Waals surface area contributed by atoms with Gasteiger partial charge in [-0.3, -0.25) is 9.59 Å². The molecule has 0 radical (unpaired) electrons. The minimum atomic E-state index is -3.31. The maximum atomic E-state index is 14.4. The highest BCUT2D eigenvalue weighted by atomic mass is 19.3. The van der Waals surface area contributed by atoms with Crippen molar-refractivity contribution in [3.63, 3.8) is 0 Å². The van der Waals surface area contributed by atoms with Crippen LogP contribution in [-0.2, 0) is 19.1 Å². The van der Waals surface area contributed by atoms with E-state index in [9.17, 15) is 23.5 Å². The zero-order chi connectivity index (χ0) is 20.8. The van der Waals surface area contributed by atoms with Crippen LogP contribution in [0.15, 0.2) is 12.2 Å². The molecular formula is C21H32F2O5. The van der Waals surface area contributed by atoms with Crippen molar-refractivity contribution in [3.8, 4) is 0 Å². The molecule has 1 heterocycles. The first-order valence-electron chi connectivity index (χ1n) is 10.3. The SMILES string of the molecule is CCCCC(F)(F)C1(O)CC[C@H]2[C@@H](CC(=O)[C@@H]2CC=CCCCC(=O)OC)O1. The van der Waals surface area contributed by atoms with E-state index >= 15 is 0 Å². The topological polar surface area (TPSA) is 72.8 Å². The molecule has 28 heavy (non-hydrogen) atoms. The van der Waals surface area contributed by atoms with Crippen molar-refractivity contribution < 1.29 is 33.0 Å². The van der Waals surface area contributed by atoms with Crippen LogP contribution in [0, 0.1) is 11.8 Å². The fourth-order valence-corrected chi connectivity index (χ4v) is 4.18. The number of carbonyl (C=O) groups is 2. The Morgan fingerprint density at radius 1 is 1.39 bits per heavy atom. The monoisotopic (exact) mass is 402 g/mol. The Bertz CT molecular complexity index is 577. The molecule has 5 nitrogen and oxygen atoms in total. The molecule has 2 rings (SSSR count). The molecule has 0 aromatic carbocycles. The Morgan fingerprint density at radius 2 is 2.14 bits per heavy atom. The third-order valence-electron chi connectivity index (χ3n) is 5.93. The molecule has 4 atom stereocenters. The lowest BCUT2D eigenvalue weighted by atomic mass is 9.82. The zero-order valence-corrected chi connectivity index (χ0v) is 16.8. The second-order valence-electron chi connectivity index (χ2n) is 7.90. The molecule has 0 amide bonds. The molecule has 0 spiro atoms. The van der Waals surface area contributed by atoms with Crippen molar-refractivity contribution in [2.75, 3.05) is 7.11 Å². The van der Waals surface area contributed by atoms with E-state index in [-0.39, 0.29) is 36.4 Å². The molecule has 2 aliphatic rings. The van der Waals surface area contributed by atoms with Gasteiger partial charge in [0, 0.05) is 31.6 Å². The van der Waals surface area contributed by atoms with Crippen LogP contribution in [0.1, 0.15) is 71.1 Å². The van der Waals surface area contributed by atoms with Crippen LogP contribution < -0.4 is 0 Å². The van der Waals surface area contributed by atoms with Gasteiger partial charge < -0.3 is 14.6 Å². The zero-order valence-electron chi connectivity index (χ0n) is 16.8. The number of Topliss-reactive ketones (excluding diaryl/α,β-unsaturated/α-hetero) is 1. The summed E-state index contributed by atoms with van der Waals surface area (Å²) in [5, 5.41) is 10.4. The number of carbonyl (C=O) groups excluding carboxylic acids is 2. The predicted molar refractivity (Wildman–Crippen MR) is 99.8 cm³/mol. The van der Waals surface area contributed by atoms with Crippen LogP contribution in [0.2, 0.25) is 0 Å². The van der Waals surface area contributed by atoms with Gasteiger partial charge in [0.25, 0.3) is 0 Å². The molecule has 0 bridgehead atoms. The van der Waals surface area contributed by atoms with Crippen molar-refractivity contribution in [2.45, 2.75) is 88.9 Å². The van der Waals surface area contributed by atoms with Gasteiger partial charge >= 0.3 is 11.9 Å². The van der Waals surface area contributed by atoms with E-state index in [1.807, 2.05) is 19.1 Å². The standard InChI is InChI=1S/C21H32F2O5/c1-3-4-12-20(22,23)21(26)13-11-16-15(17(24)14-18(16)28-21)9-7-5-6-8-10-19(25)27-2/h5,7,15-16,18,26H,3-4,6,8-14H2,1-2H3/t15-,16-,18-,21?/m1/s1. The molecule has 1 unspecified atom stereocenters. The lowest BCUT2D eigenvalue weighted by molar-refractivity contribution is -0.356. The number of ketones is 1. The predicted octanol–water partition coefficient (Wildman–Crippen LogP) is 4.17. The van der Waals surface area contributed by atoms with E-state index in [4.69, 9.17) is 4.74 Å². The van der Waals surface area contributed by atoms with Gasteiger partial charge in [-0.2, -0.15) is 0 Å². The Labute approximate surface area is 165 Å². The van der Waals surface area contributed by atoms with E-state index in [0.29, 0.717) is 44.9 Å². The largest absolute Gasteiger partial charge is 0.469 e. The second-order valence-corrected chi connectivity index (χ2v) is 7.90. The summed E-state index contributed by atoms with van der Waals surface area (Å²) in [6.07, 6.45) is 6.28. The van der Waals surface area contributed by atoms with Gasteiger partial charge in [0.15, 0.2) is 0 Å². The first kappa shape index (κ1) is 22.9. The number of halogens is 2. The highest BCUT2D eigenvalue weighted by molar-refractivity contribution is 5.84. The summed E-state index contributed by atoms with van der Waals surface area (Å²) in [5.74, 6) is -6.40. The van der Waals surface area contributed by atoms with Crippen molar-refractivity contribution >= 4 is 11.8 Å². The molecule has 0 aromatic rings. The fraction of sp³-hybridized carbons (Fsp3) is 0.810. The van der Waals surface area contributed by atoms with Crippen LogP contribution in [0.4, 0.5) is 8.78 Å². The van der Waals surface area contributed by atoms with Crippen molar-refractivity contribution in [1.82, 2.24) is 0 Å². The van der Waals surface area contributed by atoms with Gasteiger partial charge in [0.2, 0.25) is 5.79 Å². The van der Waals surface area contributed by atoms with Gasteiger partial charge in [-0.25, -0.2) is 8.78 Å². The Hall–Kier alpha value is -1.34. The number of aliphatic hydroxyl groups is 1. The Morgan fingerprint density at radius 3 is 2.82 bits per heavy atom. The van der Waals surface area contributed by atoms with Crippen LogP contribution in [0.25, 0.3) is 0 Å². The average Bonchev–Trinajstić information content (AvgIpc) is 2.96. The van der Waals surface area contributed by atoms with E-state index < -0.39 is 24.2 Å².